The van der Waals surface area contributed by atoms with Gasteiger partial charge in [-0.25, -0.2) is 0 Å². The van der Waals surface area contributed by atoms with E-state index in [4.69, 9.17) is 4.74 Å². The summed E-state index contributed by atoms with van der Waals surface area (Å²) in [6, 6.07) is 4.83. The van der Waals surface area contributed by atoms with Gasteiger partial charge in [0, 0.05) is 18.4 Å². The van der Waals surface area contributed by atoms with Gasteiger partial charge in [0.05, 0.1) is 24.5 Å². The zero-order valence-corrected chi connectivity index (χ0v) is 12.4. The van der Waals surface area contributed by atoms with E-state index >= 15 is 0 Å². The van der Waals surface area contributed by atoms with Crippen LogP contribution in [0.1, 0.15) is 22.8 Å². The van der Waals surface area contributed by atoms with Crippen LogP contribution in [-0.4, -0.2) is 35.3 Å². The van der Waals surface area contributed by atoms with Crippen LogP contribution < -0.4 is 10.1 Å². The number of carbonyl (C=O) groups excluding carboxylic acids is 1. The predicted molar refractivity (Wildman–Crippen MR) is 77.8 cm³/mol. The molecule has 1 aliphatic rings. The minimum absolute atomic E-state index is 0.148. The Morgan fingerprint density at radius 3 is 2.71 bits per heavy atom. The van der Waals surface area contributed by atoms with Gasteiger partial charge < -0.3 is 14.8 Å². The second kappa shape index (κ2) is 6.52. The number of anilines is 1. The number of carbonyl (C=O) groups is 1. The van der Waals surface area contributed by atoms with Gasteiger partial charge in [-0.05, 0) is 30.7 Å². The van der Waals surface area contributed by atoms with Gasteiger partial charge in [0.1, 0.15) is 5.75 Å². The van der Waals surface area contributed by atoms with E-state index in [9.17, 15) is 18.0 Å². The lowest BCUT2D eigenvalue weighted by Gasteiger charge is -2.09. The molecule has 1 saturated heterocycles. The highest BCUT2D eigenvalue weighted by Gasteiger charge is 2.31. The van der Waals surface area contributed by atoms with Crippen LogP contribution in [0.3, 0.4) is 0 Å². The number of alkyl halides is 3. The van der Waals surface area contributed by atoms with E-state index < -0.39 is 12.3 Å². The van der Waals surface area contributed by atoms with Crippen molar-refractivity contribution < 1.29 is 27.4 Å². The van der Waals surface area contributed by atoms with Crippen LogP contribution in [0.25, 0.3) is 0 Å². The molecule has 0 radical (unpaired) electrons. The molecule has 0 bridgehead atoms. The molecule has 1 N–H and O–H groups in total. The molecule has 2 heterocycles. The van der Waals surface area contributed by atoms with Crippen LogP contribution in [0.2, 0.25) is 0 Å². The number of aromatic nitrogens is 2. The largest absolute Gasteiger partial charge is 0.573 e. The first-order valence-electron chi connectivity index (χ1n) is 7.20. The third-order valence-corrected chi connectivity index (χ3v) is 3.49. The number of amides is 1. The highest BCUT2D eigenvalue weighted by atomic mass is 19.4. The second-order valence-corrected chi connectivity index (χ2v) is 5.25. The summed E-state index contributed by atoms with van der Waals surface area (Å²) in [5.41, 5.74) is 0.712. The molecule has 1 aliphatic heterocycles. The number of hydrogen-bond acceptors (Lipinski definition) is 4. The van der Waals surface area contributed by atoms with Crippen molar-refractivity contribution in [1.82, 2.24) is 9.78 Å². The molecule has 1 aromatic heterocycles. The Morgan fingerprint density at radius 2 is 2.08 bits per heavy atom. The lowest BCUT2D eigenvalue weighted by Crippen LogP contribution is -2.17. The van der Waals surface area contributed by atoms with Crippen molar-refractivity contribution >= 4 is 11.6 Å². The van der Waals surface area contributed by atoms with Gasteiger partial charge >= 0.3 is 6.36 Å². The minimum atomic E-state index is -4.76. The standard InChI is InChI=1S/C15H14F3N3O3/c16-15(17,18)24-13-3-1-10(2-4-13)14(22)20-11-7-19-21(8-11)12-5-6-23-9-12/h1-4,7-8,12H,5-6,9H2,(H,20,22)/t12-/m1/s1. The van der Waals surface area contributed by atoms with Crippen molar-refractivity contribution in [3.05, 3.63) is 42.2 Å². The molecule has 24 heavy (non-hydrogen) atoms. The third kappa shape index (κ3) is 4.05. The molecule has 0 saturated carbocycles. The summed E-state index contributed by atoms with van der Waals surface area (Å²) in [7, 11) is 0. The van der Waals surface area contributed by atoms with Crippen molar-refractivity contribution in [3.63, 3.8) is 0 Å². The predicted octanol–water partition coefficient (Wildman–Crippen LogP) is 3.00. The Kier molecular flexibility index (Phi) is 4.43. The van der Waals surface area contributed by atoms with Crippen molar-refractivity contribution in [3.8, 4) is 5.75 Å². The highest BCUT2D eigenvalue weighted by molar-refractivity contribution is 6.04. The number of halogens is 3. The average molecular weight is 341 g/mol. The number of benzene rings is 1. The first kappa shape index (κ1) is 16.3. The van der Waals surface area contributed by atoms with Gasteiger partial charge in [-0.2, -0.15) is 5.10 Å². The van der Waals surface area contributed by atoms with E-state index in [1.54, 1.807) is 10.9 Å². The Labute approximate surface area is 135 Å². The van der Waals surface area contributed by atoms with Crippen LogP contribution in [0, 0.1) is 0 Å². The Morgan fingerprint density at radius 1 is 1.33 bits per heavy atom. The maximum absolute atomic E-state index is 12.1. The zero-order chi connectivity index (χ0) is 17.2. The summed E-state index contributed by atoms with van der Waals surface area (Å²) in [4.78, 5) is 12.1. The van der Waals surface area contributed by atoms with E-state index in [1.165, 1.54) is 18.3 Å². The maximum Gasteiger partial charge on any atom is 0.573 e. The monoisotopic (exact) mass is 341 g/mol. The minimum Gasteiger partial charge on any atom is -0.406 e. The number of nitrogens with one attached hydrogen (secondary N) is 1. The molecule has 1 atom stereocenters. The van der Waals surface area contributed by atoms with Gasteiger partial charge in [-0.15, -0.1) is 13.2 Å². The fraction of sp³-hybridized carbons (Fsp3) is 0.333. The Hall–Kier alpha value is -2.55. The molecule has 0 spiro atoms. The number of ether oxygens (including phenoxy) is 2. The number of hydrogen-bond donors (Lipinski definition) is 1. The molecule has 128 valence electrons. The zero-order valence-electron chi connectivity index (χ0n) is 12.4. The second-order valence-electron chi connectivity index (χ2n) is 5.25. The van der Waals surface area contributed by atoms with Gasteiger partial charge in [0.15, 0.2) is 0 Å². The summed E-state index contributed by atoms with van der Waals surface area (Å²) < 4.78 is 47.1. The van der Waals surface area contributed by atoms with Crippen LogP contribution in [0.15, 0.2) is 36.7 Å². The molecular formula is C15H14F3N3O3. The third-order valence-electron chi connectivity index (χ3n) is 3.49. The van der Waals surface area contributed by atoms with Gasteiger partial charge in [0.25, 0.3) is 5.91 Å². The molecule has 0 aliphatic carbocycles. The van der Waals surface area contributed by atoms with Gasteiger partial charge in [0.2, 0.25) is 0 Å². The molecule has 0 unspecified atom stereocenters. The molecule has 3 rings (SSSR count). The summed E-state index contributed by atoms with van der Waals surface area (Å²) in [5.74, 6) is -0.830. The molecular weight excluding hydrogens is 327 g/mol. The summed E-state index contributed by atoms with van der Waals surface area (Å²) >= 11 is 0. The average Bonchev–Trinajstić information content (AvgIpc) is 3.16. The van der Waals surface area contributed by atoms with E-state index in [2.05, 4.69) is 15.2 Å². The van der Waals surface area contributed by atoms with Gasteiger partial charge in [-0.1, -0.05) is 0 Å². The highest BCUT2D eigenvalue weighted by Crippen LogP contribution is 2.23. The lowest BCUT2D eigenvalue weighted by molar-refractivity contribution is -0.274. The van der Waals surface area contributed by atoms with E-state index in [0.717, 1.165) is 18.6 Å². The van der Waals surface area contributed by atoms with Crippen LogP contribution in [-0.2, 0) is 4.74 Å². The fourth-order valence-corrected chi connectivity index (χ4v) is 2.34. The summed E-state index contributed by atoms with van der Waals surface area (Å²) in [5, 5.41) is 6.82. The maximum atomic E-state index is 12.1. The molecule has 2 aromatic rings. The molecule has 1 aromatic carbocycles. The summed E-state index contributed by atoms with van der Waals surface area (Å²) in [6.45, 7) is 1.26. The Bertz CT molecular complexity index is 707. The summed E-state index contributed by atoms with van der Waals surface area (Å²) in [6.07, 6.45) is -0.701. The molecule has 1 fully saturated rings. The van der Waals surface area contributed by atoms with Crippen molar-refractivity contribution in [2.75, 3.05) is 18.5 Å². The van der Waals surface area contributed by atoms with Crippen LogP contribution in [0.5, 0.6) is 5.75 Å². The molecule has 1 amide bonds. The first-order chi connectivity index (χ1) is 11.4. The molecule has 9 heteroatoms. The van der Waals surface area contributed by atoms with Crippen LogP contribution in [0.4, 0.5) is 18.9 Å². The number of rotatable bonds is 4. The Balaban J connectivity index is 1.62. The van der Waals surface area contributed by atoms with Gasteiger partial charge in [-0.3, -0.25) is 9.48 Å². The topological polar surface area (TPSA) is 65.4 Å². The smallest absolute Gasteiger partial charge is 0.406 e. The molecule has 6 nitrogen and oxygen atoms in total. The van der Waals surface area contributed by atoms with E-state index in [0.29, 0.717) is 18.9 Å². The number of nitrogens with zero attached hydrogens (tertiary/aromatic N) is 2. The lowest BCUT2D eigenvalue weighted by atomic mass is 10.2. The normalized spacial score (nSPS) is 17.7. The van der Waals surface area contributed by atoms with Crippen molar-refractivity contribution in [2.45, 2.75) is 18.8 Å². The van der Waals surface area contributed by atoms with Crippen LogP contribution >= 0.6 is 0 Å². The van der Waals surface area contributed by atoms with Crippen molar-refractivity contribution in [1.29, 1.82) is 0 Å². The first-order valence-corrected chi connectivity index (χ1v) is 7.20. The fourth-order valence-electron chi connectivity index (χ4n) is 2.34. The van der Waals surface area contributed by atoms with Crippen molar-refractivity contribution in [2.24, 2.45) is 0 Å². The van der Waals surface area contributed by atoms with E-state index in [-0.39, 0.29) is 17.4 Å². The quantitative estimate of drug-likeness (QED) is 0.928. The van der Waals surface area contributed by atoms with E-state index in [1.807, 2.05) is 0 Å². The SMILES string of the molecule is O=C(Nc1cnn([C@@H]2CCOC2)c1)c1ccc(OC(F)(F)F)cc1.